The van der Waals surface area contributed by atoms with Gasteiger partial charge in [-0.05, 0) is 59.9 Å². The number of benzene rings is 3. The first-order valence-electron chi connectivity index (χ1n) is 13.8. The van der Waals surface area contributed by atoms with Crippen LogP contribution in [0.2, 0.25) is 0 Å². The number of rotatable bonds is 7. The van der Waals surface area contributed by atoms with Gasteiger partial charge in [0, 0.05) is 36.2 Å². The number of hydrogen-bond donors (Lipinski definition) is 0. The van der Waals surface area contributed by atoms with Gasteiger partial charge in [0.25, 0.3) is 5.69 Å². The van der Waals surface area contributed by atoms with Crippen LogP contribution in [0, 0.1) is 10.1 Å². The lowest BCUT2D eigenvalue weighted by Gasteiger charge is -2.26. The highest BCUT2D eigenvalue weighted by atomic mass is 32.2. The minimum absolute atomic E-state index is 0.00109. The zero-order valence-corrected chi connectivity index (χ0v) is 26.1. The number of aromatic nitrogens is 1. The first-order chi connectivity index (χ1) is 20.4. The number of non-ortho nitro benzene ring substituents is 1. The van der Waals surface area contributed by atoms with Crippen LogP contribution in [0.25, 0.3) is 11.3 Å². The summed E-state index contributed by atoms with van der Waals surface area (Å²) < 4.78 is 34.5. The number of ether oxygens (including phenoxy) is 1. The Kier molecular flexibility index (Phi) is 8.74. The summed E-state index contributed by atoms with van der Waals surface area (Å²) in [6.45, 7) is 9.82. The quantitative estimate of drug-likeness (QED) is 0.144. The molecule has 12 heteroatoms. The minimum Gasteiger partial charge on any atom is -0.379 e. The number of hydrogen-bond acceptors (Lipinski definition) is 8. The zero-order chi connectivity index (χ0) is 30.8. The summed E-state index contributed by atoms with van der Waals surface area (Å²) in [4.78, 5) is 16.3. The molecule has 1 aliphatic heterocycles. The maximum absolute atomic E-state index is 13.0. The summed E-state index contributed by atoms with van der Waals surface area (Å²) in [5, 5.41) is 18.0. The van der Waals surface area contributed by atoms with Crippen LogP contribution in [0.5, 0.6) is 0 Å². The number of nitro groups is 1. The van der Waals surface area contributed by atoms with E-state index in [2.05, 4.69) is 32.9 Å². The smallest absolute Gasteiger partial charge is 0.269 e. The van der Waals surface area contributed by atoms with Gasteiger partial charge in [0.1, 0.15) is 0 Å². The van der Waals surface area contributed by atoms with E-state index in [1.54, 1.807) is 41.1 Å². The molecule has 1 saturated heterocycles. The second kappa shape index (κ2) is 12.3. The third-order valence-electron chi connectivity index (χ3n) is 7.15. The molecular weight excluding hydrogens is 587 g/mol. The van der Waals surface area contributed by atoms with E-state index in [0.29, 0.717) is 36.8 Å². The first-order valence-corrected chi connectivity index (χ1v) is 16.1. The van der Waals surface area contributed by atoms with E-state index >= 15 is 0 Å². The molecule has 0 unspecified atom stereocenters. The van der Waals surface area contributed by atoms with Gasteiger partial charge >= 0.3 is 0 Å². The molecule has 0 radical (unpaired) electrons. The van der Waals surface area contributed by atoms with Crippen molar-refractivity contribution in [3.8, 4) is 11.3 Å². The lowest BCUT2D eigenvalue weighted by molar-refractivity contribution is -0.384. The molecular formula is C31H33N5O5S2. The van der Waals surface area contributed by atoms with E-state index in [1.807, 2.05) is 24.4 Å². The van der Waals surface area contributed by atoms with Crippen molar-refractivity contribution in [2.75, 3.05) is 26.3 Å². The predicted molar refractivity (Wildman–Crippen MR) is 168 cm³/mol. The molecule has 3 aromatic carbocycles. The molecule has 1 fully saturated rings. The van der Waals surface area contributed by atoms with Gasteiger partial charge in [-0.1, -0.05) is 45.0 Å². The second-order valence-corrected chi connectivity index (χ2v) is 13.9. The van der Waals surface area contributed by atoms with Gasteiger partial charge in [0.05, 0.1) is 40.1 Å². The second-order valence-electron chi connectivity index (χ2n) is 11.2. The fraction of sp³-hybridized carbons (Fsp3) is 0.290. The van der Waals surface area contributed by atoms with Crippen LogP contribution in [0.3, 0.4) is 0 Å². The van der Waals surface area contributed by atoms with Crippen molar-refractivity contribution in [3.05, 3.63) is 104 Å². The summed E-state index contributed by atoms with van der Waals surface area (Å²) in [5.74, 6) is 0. The Bertz CT molecular complexity index is 1810. The molecule has 1 aromatic heterocycles. The molecule has 4 aromatic rings. The first kappa shape index (κ1) is 30.5. The highest BCUT2D eigenvalue weighted by molar-refractivity contribution is 7.89. The molecule has 224 valence electrons. The molecule has 0 amide bonds. The Morgan fingerprint density at radius 2 is 1.58 bits per heavy atom. The molecule has 0 atom stereocenters. The average molecular weight is 620 g/mol. The van der Waals surface area contributed by atoms with Crippen molar-refractivity contribution >= 4 is 38.4 Å². The molecule has 0 spiro atoms. The fourth-order valence-electron chi connectivity index (χ4n) is 4.58. The Morgan fingerprint density at radius 1 is 0.953 bits per heavy atom. The summed E-state index contributed by atoms with van der Waals surface area (Å²) in [6, 6.07) is 21.0. The summed E-state index contributed by atoms with van der Waals surface area (Å²) in [6.07, 6.45) is 0. The van der Waals surface area contributed by atoms with Gasteiger partial charge in [-0.2, -0.15) is 9.41 Å². The predicted octanol–water partition coefficient (Wildman–Crippen LogP) is 5.95. The van der Waals surface area contributed by atoms with Gasteiger partial charge in [0.15, 0.2) is 0 Å². The van der Waals surface area contributed by atoms with Gasteiger partial charge in [-0.15, -0.1) is 11.3 Å². The van der Waals surface area contributed by atoms with E-state index in [4.69, 9.17) is 14.8 Å². The topological polar surface area (TPSA) is 119 Å². The number of sulfonamides is 1. The highest BCUT2D eigenvalue weighted by Crippen LogP contribution is 2.26. The maximum atomic E-state index is 13.0. The number of thiazole rings is 1. The molecule has 0 N–H and O–H groups in total. The van der Waals surface area contributed by atoms with Gasteiger partial charge in [0.2, 0.25) is 14.8 Å². The van der Waals surface area contributed by atoms with Crippen LogP contribution in [-0.4, -0.2) is 54.3 Å². The Labute approximate surface area is 254 Å². The molecule has 0 bridgehead atoms. The van der Waals surface area contributed by atoms with E-state index in [-0.39, 0.29) is 16.0 Å². The summed E-state index contributed by atoms with van der Waals surface area (Å²) >= 11 is 1.37. The fourth-order valence-corrected chi connectivity index (χ4v) is 6.84. The molecule has 0 aliphatic carbocycles. The Morgan fingerprint density at radius 3 is 2.16 bits per heavy atom. The van der Waals surface area contributed by atoms with Crippen LogP contribution in [0.15, 0.2) is 93.2 Å². The molecule has 1 aliphatic rings. The summed E-state index contributed by atoms with van der Waals surface area (Å²) in [5.41, 5.74) is 4.98. The monoisotopic (exact) mass is 619 g/mol. The zero-order valence-electron chi connectivity index (χ0n) is 24.4. The van der Waals surface area contributed by atoms with Crippen LogP contribution < -0.4 is 4.80 Å². The number of nitrogens with zero attached hydrogens (tertiary/aromatic N) is 5. The van der Waals surface area contributed by atoms with Gasteiger partial charge in [-0.3, -0.25) is 10.1 Å². The maximum Gasteiger partial charge on any atom is 0.269 e. The van der Waals surface area contributed by atoms with Crippen molar-refractivity contribution < 1.29 is 18.1 Å². The molecule has 0 saturated carbocycles. The summed E-state index contributed by atoms with van der Waals surface area (Å²) in [7, 11) is -3.62. The number of nitro benzene ring substituents is 1. The van der Waals surface area contributed by atoms with Gasteiger partial charge < -0.3 is 4.74 Å². The van der Waals surface area contributed by atoms with Crippen LogP contribution in [0.4, 0.5) is 11.4 Å². The van der Waals surface area contributed by atoms with E-state index in [1.165, 1.54) is 33.3 Å². The van der Waals surface area contributed by atoms with Crippen molar-refractivity contribution in [3.63, 3.8) is 0 Å². The molecule has 10 nitrogen and oxygen atoms in total. The third kappa shape index (κ3) is 6.83. The minimum atomic E-state index is -3.62. The lowest BCUT2D eigenvalue weighted by atomic mass is 9.86. The molecule has 43 heavy (non-hydrogen) atoms. The van der Waals surface area contributed by atoms with Crippen LogP contribution >= 0.6 is 11.3 Å². The number of morpholine rings is 1. The highest BCUT2D eigenvalue weighted by Gasteiger charge is 2.26. The van der Waals surface area contributed by atoms with E-state index in [9.17, 15) is 18.5 Å². The third-order valence-corrected chi connectivity index (χ3v) is 9.88. The van der Waals surface area contributed by atoms with Crippen molar-refractivity contribution in [1.29, 1.82) is 0 Å². The molecule has 2 heterocycles. The normalized spacial score (nSPS) is 15.5. The van der Waals surface area contributed by atoms with Crippen LogP contribution in [0.1, 0.15) is 38.8 Å². The van der Waals surface area contributed by atoms with E-state index in [0.717, 1.165) is 22.5 Å². The van der Waals surface area contributed by atoms with Crippen molar-refractivity contribution in [2.24, 2.45) is 10.1 Å². The van der Waals surface area contributed by atoms with E-state index < -0.39 is 14.9 Å². The standard InChI is InChI=1S/C31H33N5O5S2/c1-22(23-5-9-25(10-6-23)31(2,3)4)33-35-29(24-7-13-27(14-8-24)36(37)38)21-42-30(35)32-26-11-15-28(16-12-26)43(39,40)34-17-19-41-20-18-34/h5-16,21H,17-20H2,1-4H3. The molecule has 5 rings (SSSR count). The average Bonchev–Trinajstić information content (AvgIpc) is 3.39. The van der Waals surface area contributed by atoms with Gasteiger partial charge in [-0.25, -0.2) is 18.1 Å². The Balaban J connectivity index is 1.55. The largest absolute Gasteiger partial charge is 0.379 e. The SMILES string of the molecule is CC(=Nn1c(-c2ccc([N+](=O)[O-])cc2)csc1=Nc1ccc(S(=O)(=O)N2CCOCC2)cc1)c1ccc(C(C)(C)C)cc1. The van der Waals surface area contributed by atoms with Crippen molar-refractivity contribution in [2.45, 2.75) is 38.0 Å². The lowest BCUT2D eigenvalue weighted by Crippen LogP contribution is -2.40. The van der Waals surface area contributed by atoms with Crippen LogP contribution in [-0.2, 0) is 20.2 Å². The Hall–Kier alpha value is -3.97. The van der Waals surface area contributed by atoms with Crippen molar-refractivity contribution in [1.82, 2.24) is 8.98 Å².